The SMILES string of the molecule is C[B]c1ccc(CC(=O)O)cc1. The zero-order valence-corrected chi connectivity index (χ0v) is 6.95. The Morgan fingerprint density at radius 3 is 2.42 bits per heavy atom. The summed E-state index contributed by atoms with van der Waals surface area (Å²) in [7, 11) is 1.98. The fourth-order valence-corrected chi connectivity index (χ4v) is 1.00. The number of carboxylic acids is 1. The third-order valence-corrected chi connectivity index (χ3v) is 1.67. The van der Waals surface area contributed by atoms with Crippen LogP contribution in [-0.4, -0.2) is 18.4 Å². The zero-order chi connectivity index (χ0) is 8.97. The zero-order valence-electron chi connectivity index (χ0n) is 6.95. The van der Waals surface area contributed by atoms with Gasteiger partial charge in [0.2, 0.25) is 0 Å². The predicted octanol–water partition coefficient (Wildman–Crippen LogP) is 0.691. The summed E-state index contributed by atoms with van der Waals surface area (Å²) < 4.78 is 0. The second kappa shape index (κ2) is 3.95. The molecular formula is C9H10BO2. The van der Waals surface area contributed by atoms with Crippen LogP contribution >= 0.6 is 0 Å². The lowest BCUT2D eigenvalue weighted by Crippen LogP contribution is -2.10. The molecule has 0 aliphatic carbocycles. The largest absolute Gasteiger partial charge is 0.481 e. The second-order valence-electron chi connectivity index (χ2n) is 2.60. The highest BCUT2D eigenvalue weighted by Gasteiger charge is 1.98. The van der Waals surface area contributed by atoms with Crippen molar-refractivity contribution in [3.8, 4) is 0 Å². The van der Waals surface area contributed by atoms with Crippen molar-refractivity contribution in [2.24, 2.45) is 0 Å². The molecule has 1 N–H and O–H groups in total. The Morgan fingerprint density at radius 2 is 2.00 bits per heavy atom. The minimum atomic E-state index is -0.789. The highest BCUT2D eigenvalue weighted by atomic mass is 16.4. The Kier molecular flexibility index (Phi) is 2.91. The summed E-state index contributed by atoms with van der Waals surface area (Å²) in [6, 6.07) is 7.50. The van der Waals surface area contributed by atoms with Gasteiger partial charge >= 0.3 is 5.97 Å². The van der Waals surface area contributed by atoms with Crippen molar-refractivity contribution >= 4 is 18.7 Å². The van der Waals surface area contributed by atoms with Crippen LogP contribution in [0.2, 0.25) is 6.82 Å². The molecule has 0 saturated carbocycles. The first kappa shape index (κ1) is 8.85. The highest BCUT2D eigenvalue weighted by Crippen LogP contribution is 1.97. The fraction of sp³-hybridized carbons (Fsp3) is 0.222. The lowest BCUT2D eigenvalue weighted by atomic mass is 9.73. The van der Waals surface area contributed by atoms with Crippen LogP contribution in [0, 0.1) is 0 Å². The molecule has 0 aromatic heterocycles. The van der Waals surface area contributed by atoms with Crippen LogP contribution in [0.1, 0.15) is 5.56 Å². The number of rotatable bonds is 3. The molecule has 1 aromatic carbocycles. The van der Waals surface area contributed by atoms with Crippen molar-refractivity contribution in [2.45, 2.75) is 13.2 Å². The summed E-state index contributed by atoms with van der Waals surface area (Å²) in [5.74, 6) is -0.789. The Labute approximate surface area is 72.5 Å². The molecular weight excluding hydrogens is 151 g/mol. The molecule has 0 aliphatic rings. The molecule has 1 radical (unpaired) electrons. The predicted molar refractivity (Wildman–Crippen MR) is 49.0 cm³/mol. The summed E-state index contributed by atoms with van der Waals surface area (Å²) in [4.78, 5) is 10.3. The van der Waals surface area contributed by atoms with Crippen LogP contribution in [0.15, 0.2) is 24.3 Å². The fourth-order valence-electron chi connectivity index (χ4n) is 1.00. The van der Waals surface area contributed by atoms with Crippen molar-refractivity contribution in [3.05, 3.63) is 29.8 Å². The lowest BCUT2D eigenvalue weighted by Gasteiger charge is -1.98. The van der Waals surface area contributed by atoms with Gasteiger partial charge in [-0.3, -0.25) is 4.79 Å². The summed E-state index contributed by atoms with van der Waals surface area (Å²) in [5.41, 5.74) is 1.96. The van der Waals surface area contributed by atoms with Crippen molar-refractivity contribution in [3.63, 3.8) is 0 Å². The van der Waals surface area contributed by atoms with E-state index in [1.54, 1.807) is 0 Å². The molecule has 0 aliphatic heterocycles. The van der Waals surface area contributed by atoms with Crippen LogP contribution in [0.5, 0.6) is 0 Å². The Morgan fingerprint density at radius 1 is 1.42 bits per heavy atom. The number of benzene rings is 1. The van der Waals surface area contributed by atoms with Crippen molar-refractivity contribution in [1.29, 1.82) is 0 Å². The van der Waals surface area contributed by atoms with E-state index >= 15 is 0 Å². The normalized spacial score (nSPS) is 9.42. The molecule has 61 valence electrons. The third-order valence-electron chi connectivity index (χ3n) is 1.67. The topological polar surface area (TPSA) is 37.3 Å². The van der Waals surface area contributed by atoms with Crippen LogP contribution in [0.4, 0.5) is 0 Å². The van der Waals surface area contributed by atoms with Gasteiger partial charge < -0.3 is 5.11 Å². The van der Waals surface area contributed by atoms with E-state index in [9.17, 15) is 4.79 Å². The van der Waals surface area contributed by atoms with E-state index in [1.807, 2.05) is 38.4 Å². The van der Waals surface area contributed by atoms with Gasteiger partial charge in [0.15, 0.2) is 0 Å². The molecule has 0 atom stereocenters. The lowest BCUT2D eigenvalue weighted by molar-refractivity contribution is -0.136. The average Bonchev–Trinajstić information content (AvgIpc) is 2.05. The standard InChI is InChI=1S/C9H10BO2/c1-10-8-4-2-7(3-5-8)6-9(11)12/h2-5H,6H2,1H3,(H,11,12). The molecule has 3 heteroatoms. The quantitative estimate of drug-likeness (QED) is 0.662. The Balaban J connectivity index is 2.71. The minimum absolute atomic E-state index is 0.101. The molecule has 0 amide bonds. The summed E-state index contributed by atoms with van der Waals surface area (Å²) in [5, 5.41) is 8.49. The molecule has 12 heavy (non-hydrogen) atoms. The van der Waals surface area contributed by atoms with Gasteiger partial charge in [0.25, 0.3) is 0 Å². The highest BCUT2D eigenvalue weighted by molar-refractivity contribution is 6.51. The van der Waals surface area contributed by atoms with E-state index in [0.29, 0.717) is 0 Å². The minimum Gasteiger partial charge on any atom is -0.481 e. The van der Waals surface area contributed by atoms with E-state index in [1.165, 1.54) is 0 Å². The van der Waals surface area contributed by atoms with E-state index in [4.69, 9.17) is 5.11 Å². The monoisotopic (exact) mass is 161 g/mol. The Hall–Kier alpha value is -1.25. The summed E-state index contributed by atoms with van der Waals surface area (Å²) in [6.45, 7) is 1.95. The van der Waals surface area contributed by atoms with E-state index in [0.717, 1.165) is 11.0 Å². The molecule has 0 fully saturated rings. The average molecular weight is 161 g/mol. The van der Waals surface area contributed by atoms with E-state index in [2.05, 4.69) is 0 Å². The number of aliphatic carboxylic acids is 1. The van der Waals surface area contributed by atoms with Gasteiger partial charge in [-0.1, -0.05) is 36.6 Å². The van der Waals surface area contributed by atoms with Gasteiger partial charge in [-0.15, -0.1) is 0 Å². The molecule has 0 bridgehead atoms. The van der Waals surface area contributed by atoms with Gasteiger partial charge in [-0.2, -0.15) is 0 Å². The van der Waals surface area contributed by atoms with Gasteiger partial charge in [-0.25, -0.2) is 0 Å². The number of carboxylic acid groups (broad SMARTS) is 1. The molecule has 1 aromatic rings. The number of hydrogen-bond acceptors (Lipinski definition) is 1. The number of hydrogen-bond donors (Lipinski definition) is 1. The molecule has 0 spiro atoms. The van der Waals surface area contributed by atoms with Gasteiger partial charge in [-0.05, 0) is 5.56 Å². The van der Waals surface area contributed by atoms with Crippen LogP contribution in [-0.2, 0) is 11.2 Å². The van der Waals surface area contributed by atoms with Crippen molar-refractivity contribution < 1.29 is 9.90 Å². The van der Waals surface area contributed by atoms with Crippen LogP contribution in [0.3, 0.4) is 0 Å². The Bertz CT molecular complexity index is 266. The maximum absolute atomic E-state index is 10.3. The molecule has 1 rings (SSSR count). The third kappa shape index (κ3) is 2.42. The van der Waals surface area contributed by atoms with Crippen molar-refractivity contribution in [2.75, 3.05) is 0 Å². The smallest absolute Gasteiger partial charge is 0.307 e. The molecule has 0 unspecified atom stereocenters. The summed E-state index contributed by atoms with van der Waals surface area (Å²) >= 11 is 0. The van der Waals surface area contributed by atoms with Crippen molar-refractivity contribution in [1.82, 2.24) is 0 Å². The summed E-state index contributed by atoms with van der Waals surface area (Å²) in [6.07, 6.45) is 0.101. The van der Waals surface area contributed by atoms with Gasteiger partial charge in [0.05, 0.1) is 6.42 Å². The van der Waals surface area contributed by atoms with Crippen LogP contribution < -0.4 is 5.46 Å². The van der Waals surface area contributed by atoms with Gasteiger partial charge in [0, 0.05) is 0 Å². The first-order valence-electron chi connectivity index (χ1n) is 3.82. The van der Waals surface area contributed by atoms with Gasteiger partial charge in [0.1, 0.15) is 7.28 Å². The molecule has 0 saturated heterocycles. The molecule has 2 nitrogen and oxygen atoms in total. The van der Waals surface area contributed by atoms with E-state index in [-0.39, 0.29) is 6.42 Å². The maximum Gasteiger partial charge on any atom is 0.307 e. The van der Waals surface area contributed by atoms with E-state index < -0.39 is 5.97 Å². The molecule has 0 heterocycles. The first-order valence-corrected chi connectivity index (χ1v) is 3.82. The second-order valence-corrected chi connectivity index (χ2v) is 2.60. The number of carbonyl (C=O) groups is 1. The first-order chi connectivity index (χ1) is 5.72. The van der Waals surface area contributed by atoms with Crippen LogP contribution in [0.25, 0.3) is 0 Å². The maximum atomic E-state index is 10.3.